The molecule has 3 amide bonds. The van der Waals surface area contributed by atoms with Gasteiger partial charge < -0.3 is 4.74 Å². The second-order valence-corrected chi connectivity index (χ2v) is 7.87. The van der Waals surface area contributed by atoms with Gasteiger partial charge >= 0.3 is 11.9 Å². The highest BCUT2D eigenvalue weighted by atomic mass is 79.9. The summed E-state index contributed by atoms with van der Waals surface area (Å²) < 4.78 is 4.89. The summed E-state index contributed by atoms with van der Waals surface area (Å²) in [7, 11) is 1.55. The maximum absolute atomic E-state index is 13.3. The number of pyridine rings is 1. The Bertz CT molecular complexity index is 936. The summed E-state index contributed by atoms with van der Waals surface area (Å²) in [5.74, 6) is -0.0930. The Morgan fingerprint density at radius 3 is 2.68 bits per heavy atom. The molecule has 0 radical (unpaired) electrons. The third-order valence-electron chi connectivity index (χ3n) is 4.70. The zero-order chi connectivity index (χ0) is 20.3. The van der Waals surface area contributed by atoms with Crippen molar-refractivity contribution in [3.63, 3.8) is 0 Å². The van der Waals surface area contributed by atoms with Crippen LogP contribution in [-0.4, -0.2) is 48.1 Å². The first kappa shape index (κ1) is 20.4. The van der Waals surface area contributed by atoms with Crippen LogP contribution in [0.1, 0.15) is 27.9 Å². The lowest BCUT2D eigenvalue weighted by Gasteiger charge is -2.33. The molecular weight excluding hydrogens is 450 g/mol. The van der Waals surface area contributed by atoms with Gasteiger partial charge in [0.1, 0.15) is 5.56 Å². The van der Waals surface area contributed by atoms with Crippen molar-refractivity contribution in [1.29, 1.82) is 0 Å². The third kappa shape index (κ3) is 3.94. The molecule has 1 aromatic carbocycles. The maximum Gasteiger partial charge on any atom is 0.429 e. The van der Waals surface area contributed by atoms with Crippen LogP contribution in [-0.2, 0) is 16.0 Å². The Kier molecular flexibility index (Phi) is 6.12. The number of hydrogen-bond acceptors (Lipinski definition) is 5. The molecule has 0 saturated heterocycles. The van der Waals surface area contributed by atoms with E-state index in [0.717, 1.165) is 11.1 Å². The van der Waals surface area contributed by atoms with E-state index in [1.54, 1.807) is 25.4 Å². The molecule has 9 heteroatoms. The lowest BCUT2D eigenvalue weighted by molar-refractivity contribution is -0.743. The zero-order valence-electron chi connectivity index (χ0n) is 15.1. The standard InChI is InChI=1S/C19H17BrClN3O4/c1-24(7-2-8-28-11-25)18(26)16-14(9-12-3-5-13(21)6-4-12)15(20)10-22-17(16)23-19(24)27/h3-6,10-11H,2,7-9H2,1H3/p+1. The number of quaternary nitrogens is 1. The number of nitrogens with one attached hydrogen (secondary N) is 1. The van der Waals surface area contributed by atoms with Gasteiger partial charge in [-0.1, -0.05) is 23.7 Å². The molecule has 0 saturated carbocycles. The fraction of sp³-hybridized carbons (Fsp3) is 0.263. The molecule has 0 spiro atoms. The Morgan fingerprint density at radius 1 is 1.29 bits per heavy atom. The zero-order valence-corrected chi connectivity index (χ0v) is 17.4. The van der Waals surface area contributed by atoms with E-state index in [9.17, 15) is 14.4 Å². The maximum atomic E-state index is 13.3. The molecule has 7 nitrogen and oxygen atoms in total. The minimum atomic E-state index is -0.471. The van der Waals surface area contributed by atoms with Crippen molar-refractivity contribution in [2.75, 3.05) is 25.5 Å². The molecule has 146 valence electrons. The van der Waals surface area contributed by atoms with Crippen LogP contribution in [0.4, 0.5) is 10.6 Å². The first-order valence-corrected chi connectivity index (χ1v) is 9.73. The monoisotopic (exact) mass is 466 g/mol. The quantitative estimate of drug-likeness (QED) is 0.380. The Hall–Kier alpha value is -2.29. The van der Waals surface area contributed by atoms with Crippen LogP contribution >= 0.6 is 27.5 Å². The second kappa shape index (κ2) is 8.38. The van der Waals surface area contributed by atoms with Crippen molar-refractivity contribution in [2.24, 2.45) is 0 Å². The molecule has 1 aromatic heterocycles. The second-order valence-electron chi connectivity index (χ2n) is 6.58. The van der Waals surface area contributed by atoms with E-state index < -0.39 is 10.5 Å². The molecule has 1 atom stereocenters. The number of nitrogens with zero attached hydrogens (tertiary/aromatic N) is 2. The van der Waals surface area contributed by atoms with Gasteiger partial charge in [0.15, 0.2) is 5.82 Å². The largest absolute Gasteiger partial charge is 0.468 e. The highest BCUT2D eigenvalue weighted by Crippen LogP contribution is 2.34. The summed E-state index contributed by atoms with van der Waals surface area (Å²) >= 11 is 9.43. The average molecular weight is 468 g/mol. The van der Waals surface area contributed by atoms with Crippen LogP contribution in [0.5, 0.6) is 0 Å². The summed E-state index contributed by atoms with van der Waals surface area (Å²) in [5, 5.41) is 3.36. The van der Waals surface area contributed by atoms with Gasteiger partial charge in [-0.3, -0.25) is 10.1 Å². The minimum absolute atomic E-state index is 0.138. The van der Waals surface area contributed by atoms with E-state index in [1.807, 2.05) is 12.1 Å². The van der Waals surface area contributed by atoms with Crippen LogP contribution < -0.4 is 5.32 Å². The number of aromatic nitrogens is 1. The number of hydrogen-bond donors (Lipinski definition) is 1. The first-order chi connectivity index (χ1) is 13.4. The number of anilines is 1. The van der Waals surface area contributed by atoms with E-state index in [2.05, 4.69) is 31.0 Å². The van der Waals surface area contributed by atoms with Gasteiger partial charge in [0.05, 0.1) is 20.2 Å². The van der Waals surface area contributed by atoms with E-state index in [0.29, 0.717) is 34.4 Å². The normalized spacial score (nSPS) is 18.4. The number of imide groups is 1. The van der Waals surface area contributed by atoms with Gasteiger partial charge in [-0.15, -0.1) is 0 Å². The fourth-order valence-electron chi connectivity index (χ4n) is 3.11. The Morgan fingerprint density at radius 2 is 2.00 bits per heavy atom. The van der Waals surface area contributed by atoms with Crippen LogP contribution in [0.25, 0.3) is 0 Å². The van der Waals surface area contributed by atoms with E-state index >= 15 is 0 Å². The number of carbonyl (C=O) groups is 3. The number of fused-ring (bicyclic) bond motifs is 1. The summed E-state index contributed by atoms with van der Waals surface area (Å²) in [6, 6.07) is 6.89. The summed E-state index contributed by atoms with van der Waals surface area (Å²) in [4.78, 5) is 40.5. The van der Waals surface area contributed by atoms with E-state index in [-0.39, 0.29) is 24.9 Å². The minimum Gasteiger partial charge on any atom is -0.468 e. The molecule has 1 aliphatic rings. The first-order valence-electron chi connectivity index (χ1n) is 8.56. The van der Waals surface area contributed by atoms with Gasteiger partial charge in [0.2, 0.25) is 0 Å². The van der Waals surface area contributed by atoms with Gasteiger partial charge in [-0.2, -0.15) is 4.48 Å². The molecule has 1 N–H and O–H groups in total. The van der Waals surface area contributed by atoms with Crippen LogP contribution in [0.15, 0.2) is 34.9 Å². The lowest BCUT2D eigenvalue weighted by atomic mass is 9.98. The number of carbonyl (C=O) groups excluding carboxylic acids is 3. The van der Waals surface area contributed by atoms with Gasteiger partial charge in [0.25, 0.3) is 6.47 Å². The number of benzene rings is 1. The number of ether oxygens (including phenoxy) is 1. The Balaban J connectivity index is 1.97. The van der Waals surface area contributed by atoms with Gasteiger partial charge in [-0.25, -0.2) is 14.6 Å². The molecule has 0 bridgehead atoms. The summed E-state index contributed by atoms with van der Waals surface area (Å²) in [5.41, 5.74) is 2.09. The molecular formula is C19H18BrClN3O4+. The predicted octanol–water partition coefficient (Wildman–Crippen LogP) is 3.78. The molecule has 28 heavy (non-hydrogen) atoms. The van der Waals surface area contributed by atoms with Gasteiger partial charge in [-0.05, 0) is 45.6 Å². The highest BCUT2D eigenvalue weighted by Gasteiger charge is 2.48. The number of rotatable bonds is 7. The average Bonchev–Trinajstić information content (AvgIpc) is 2.68. The van der Waals surface area contributed by atoms with Crippen molar-refractivity contribution < 1.29 is 23.6 Å². The van der Waals surface area contributed by atoms with Crippen molar-refractivity contribution >= 4 is 51.8 Å². The van der Waals surface area contributed by atoms with Crippen molar-refractivity contribution in [1.82, 2.24) is 4.98 Å². The van der Waals surface area contributed by atoms with Gasteiger partial charge in [0, 0.05) is 22.1 Å². The van der Waals surface area contributed by atoms with Crippen molar-refractivity contribution in [3.8, 4) is 0 Å². The van der Waals surface area contributed by atoms with Crippen molar-refractivity contribution in [3.05, 3.63) is 56.6 Å². The predicted molar refractivity (Wildman–Crippen MR) is 107 cm³/mol. The molecule has 1 unspecified atom stereocenters. The SMILES string of the molecule is C[N+]1(CCCOC=O)C(=O)Nc2ncc(Br)c(Cc3ccc(Cl)cc3)c2C1=O. The molecule has 0 fully saturated rings. The molecule has 0 aliphatic carbocycles. The van der Waals surface area contributed by atoms with Crippen molar-refractivity contribution in [2.45, 2.75) is 12.8 Å². The third-order valence-corrected chi connectivity index (χ3v) is 5.63. The summed E-state index contributed by atoms with van der Waals surface area (Å²) in [6.45, 7) is 0.683. The fourth-order valence-corrected chi connectivity index (χ4v) is 3.68. The smallest absolute Gasteiger partial charge is 0.429 e. The van der Waals surface area contributed by atoms with E-state index in [4.69, 9.17) is 11.6 Å². The molecule has 1 aliphatic heterocycles. The van der Waals surface area contributed by atoms with Crippen LogP contribution in [0.2, 0.25) is 5.02 Å². The molecule has 3 rings (SSSR count). The highest BCUT2D eigenvalue weighted by molar-refractivity contribution is 9.10. The van der Waals surface area contributed by atoms with E-state index in [1.165, 1.54) is 0 Å². The number of halogens is 2. The number of amides is 3. The number of urea groups is 1. The topological polar surface area (TPSA) is 85.4 Å². The van der Waals surface area contributed by atoms with Crippen LogP contribution in [0, 0.1) is 0 Å². The lowest BCUT2D eigenvalue weighted by Crippen LogP contribution is -2.59. The molecule has 2 aromatic rings. The summed E-state index contributed by atoms with van der Waals surface area (Å²) in [6.07, 6.45) is 2.42. The van der Waals surface area contributed by atoms with Crippen LogP contribution in [0.3, 0.4) is 0 Å². The molecule has 2 heterocycles. The Labute approximate surface area is 175 Å².